The second kappa shape index (κ2) is 9.69. The Bertz CT molecular complexity index is 1200. The quantitative estimate of drug-likeness (QED) is 0.364. The van der Waals surface area contributed by atoms with Crippen LogP contribution in [0.15, 0.2) is 52.7 Å². The van der Waals surface area contributed by atoms with Gasteiger partial charge in [-0.15, -0.1) is 11.3 Å². The van der Waals surface area contributed by atoms with Crippen LogP contribution in [0.3, 0.4) is 0 Å². The van der Waals surface area contributed by atoms with Gasteiger partial charge in [-0.3, -0.25) is 0 Å². The number of rotatable bonds is 8. The van der Waals surface area contributed by atoms with Crippen molar-refractivity contribution < 1.29 is 32.9 Å². The third-order valence-corrected chi connectivity index (χ3v) is 7.93. The van der Waals surface area contributed by atoms with Gasteiger partial charge >= 0.3 is 5.97 Å². The van der Waals surface area contributed by atoms with E-state index >= 15 is 0 Å². The second-order valence-electron chi connectivity index (χ2n) is 6.51. The lowest BCUT2D eigenvalue weighted by Crippen LogP contribution is -2.10. The number of methoxy groups -OCH3 is 1. The van der Waals surface area contributed by atoms with E-state index in [-0.39, 0.29) is 38.8 Å². The average Bonchev–Trinajstić information content (AvgIpc) is 3.11. The number of esters is 1. The lowest BCUT2D eigenvalue weighted by molar-refractivity contribution is 0.0385. The van der Waals surface area contributed by atoms with Crippen molar-refractivity contribution in [2.45, 2.75) is 9.96 Å². The van der Waals surface area contributed by atoms with Crippen molar-refractivity contribution in [3.05, 3.63) is 64.0 Å². The summed E-state index contributed by atoms with van der Waals surface area (Å²) in [5.74, 6) is -1.53. The second-order valence-corrected chi connectivity index (χ2v) is 10.4. The van der Waals surface area contributed by atoms with Gasteiger partial charge in [0.05, 0.1) is 12.4 Å². The van der Waals surface area contributed by atoms with E-state index in [4.69, 9.17) is 21.1 Å². The first-order valence-corrected chi connectivity index (χ1v) is 11.9. The van der Waals surface area contributed by atoms with Gasteiger partial charge in [0.2, 0.25) is 0 Å². The standard InChI is InChI=1S/C21H19ClO7S2/c1-28-8-9-29-21(25)15-7-6-13(10-18(15)24)12-31(26,27)19-11-16(20(22)30-19)14-4-2-3-5-17(14)23/h2-7,10-11,23-24H,8-9,12H2,1H3. The van der Waals surface area contributed by atoms with Crippen molar-refractivity contribution in [1.82, 2.24) is 0 Å². The summed E-state index contributed by atoms with van der Waals surface area (Å²) in [6.45, 7) is 0.248. The maximum Gasteiger partial charge on any atom is 0.341 e. The third-order valence-electron chi connectivity index (χ3n) is 4.32. The van der Waals surface area contributed by atoms with Crippen LogP contribution < -0.4 is 0 Å². The number of carbonyl (C=O) groups excluding carboxylic acids is 1. The van der Waals surface area contributed by atoms with E-state index in [1.807, 2.05) is 0 Å². The highest BCUT2D eigenvalue weighted by Crippen LogP contribution is 2.41. The van der Waals surface area contributed by atoms with Crippen molar-refractivity contribution in [2.24, 2.45) is 0 Å². The van der Waals surface area contributed by atoms with Crippen molar-refractivity contribution in [1.29, 1.82) is 0 Å². The van der Waals surface area contributed by atoms with E-state index < -0.39 is 21.6 Å². The highest BCUT2D eigenvalue weighted by molar-refractivity contribution is 7.92. The van der Waals surface area contributed by atoms with Gasteiger partial charge in [0.1, 0.15) is 32.2 Å². The van der Waals surface area contributed by atoms with Crippen LogP contribution in [-0.2, 0) is 25.1 Å². The van der Waals surface area contributed by atoms with E-state index in [0.29, 0.717) is 16.7 Å². The average molecular weight is 483 g/mol. The molecule has 0 spiro atoms. The number of para-hydroxylation sites is 1. The minimum Gasteiger partial charge on any atom is -0.507 e. The summed E-state index contributed by atoms with van der Waals surface area (Å²) in [6.07, 6.45) is 0. The van der Waals surface area contributed by atoms with E-state index in [1.165, 1.54) is 37.4 Å². The number of hydrogen-bond donors (Lipinski definition) is 2. The first-order chi connectivity index (χ1) is 14.7. The van der Waals surface area contributed by atoms with Gasteiger partial charge in [-0.25, -0.2) is 13.2 Å². The Labute approximate surface area is 188 Å². The number of halogens is 1. The number of aromatic hydroxyl groups is 2. The summed E-state index contributed by atoms with van der Waals surface area (Å²) < 4.78 is 35.8. The van der Waals surface area contributed by atoms with Gasteiger partial charge in [0.15, 0.2) is 9.84 Å². The number of thiophene rings is 1. The predicted molar refractivity (Wildman–Crippen MR) is 118 cm³/mol. The molecule has 2 N–H and O–H groups in total. The number of sulfone groups is 1. The van der Waals surface area contributed by atoms with Crippen molar-refractivity contribution in [2.75, 3.05) is 20.3 Å². The Balaban J connectivity index is 1.81. The van der Waals surface area contributed by atoms with Gasteiger partial charge < -0.3 is 19.7 Å². The SMILES string of the molecule is COCCOC(=O)c1ccc(CS(=O)(=O)c2cc(-c3ccccc3O)c(Cl)s2)cc1O. The van der Waals surface area contributed by atoms with Crippen LogP contribution in [0.4, 0.5) is 0 Å². The fraction of sp³-hybridized carbons (Fsp3) is 0.190. The van der Waals surface area contributed by atoms with E-state index in [9.17, 15) is 23.4 Å². The Kier molecular flexibility index (Phi) is 7.22. The number of phenolic OH excluding ortho intramolecular Hbond substituents is 2. The summed E-state index contributed by atoms with van der Waals surface area (Å²) in [7, 11) is -2.33. The monoisotopic (exact) mass is 482 g/mol. The molecule has 0 atom stereocenters. The maximum atomic E-state index is 12.9. The summed E-state index contributed by atoms with van der Waals surface area (Å²) in [5, 5.41) is 20.2. The van der Waals surface area contributed by atoms with E-state index in [1.54, 1.807) is 18.2 Å². The third kappa shape index (κ3) is 5.37. The number of benzene rings is 2. The molecule has 1 heterocycles. The zero-order chi connectivity index (χ0) is 22.6. The van der Waals surface area contributed by atoms with Crippen molar-refractivity contribution in [3.63, 3.8) is 0 Å². The van der Waals surface area contributed by atoms with Gasteiger partial charge in [0.25, 0.3) is 0 Å². The highest BCUT2D eigenvalue weighted by atomic mass is 35.5. The van der Waals surface area contributed by atoms with Gasteiger partial charge in [-0.1, -0.05) is 35.9 Å². The molecular formula is C21H19ClO7S2. The number of phenols is 2. The van der Waals surface area contributed by atoms with Crippen LogP contribution in [-0.4, -0.2) is 44.9 Å². The fourth-order valence-corrected chi connectivity index (χ4v) is 5.98. The first-order valence-electron chi connectivity index (χ1n) is 9.01. The maximum absolute atomic E-state index is 12.9. The molecule has 164 valence electrons. The minimum absolute atomic E-state index is 0.0101. The molecule has 0 bridgehead atoms. The highest BCUT2D eigenvalue weighted by Gasteiger charge is 2.23. The van der Waals surface area contributed by atoms with Gasteiger partial charge in [-0.2, -0.15) is 0 Å². The molecule has 2 aromatic carbocycles. The van der Waals surface area contributed by atoms with Crippen molar-refractivity contribution in [3.8, 4) is 22.6 Å². The minimum atomic E-state index is -3.79. The summed E-state index contributed by atoms with van der Waals surface area (Å²) >= 11 is 7.12. The number of ether oxygens (including phenoxy) is 2. The zero-order valence-corrected chi connectivity index (χ0v) is 18.8. The molecule has 0 fully saturated rings. The van der Waals surface area contributed by atoms with Gasteiger partial charge in [0, 0.05) is 18.2 Å². The normalized spacial score (nSPS) is 11.4. The Morgan fingerprint density at radius 3 is 2.45 bits per heavy atom. The Morgan fingerprint density at radius 1 is 1.03 bits per heavy atom. The molecule has 3 rings (SSSR count). The summed E-state index contributed by atoms with van der Waals surface area (Å²) in [4.78, 5) is 12.0. The molecule has 0 saturated heterocycles. The van der Waals surface area contributed by atoms with Crippen LogP contribution in [0.25, 0.3) is 11.1 Å². The molecule has 0 radical (unpaired) electrons. The Hall–Kier alpha value is -2.59. The molecule has 7 nitrogen and oxygen atoms in total. The summed E-state index contributed by atoms with van der Waals surface area (Å²) in [5.41, 5.74) is 1.07. The molecule has 1 aromatic heterocycles. The predicted octanol–water partition coefficient (Wildman–Crippen LogP) is 4.26. The van der Waals surface area contributed by atoms with Crippen LogP contribution in [0, 0.1) is 0 Å². The van der Waals surface area contributed by atoms with Gasteiger partial charge in [-0.05, 0) is 29.8 Å². The largest absolute Gasteiger partial charge is 0.507 e. The molecule has 0 aliphatic carbocycles. The molecule has 31 heavy (non-hydrogen) atoms. The van der Waals surface area contributed by atoms with E-state index in [0.717, 1.165) is 11.3 Å². The fourth-order valence-electron chi connectivity index (χ4n) is 2.81. The molecule has 10 heteroatoms. The van der Waals surface area contributed by atoms with Crippen LogP contribution in [0.1, 0.15) is 15.9 Å². The molecule has 0 aliphatic rings. The number of carbonyl (C=O) groups is 1. The smallest absolute Gasteiger partial charge is 0.341 e. The molecule has 3 aromatic rings. The summed E-state index contributed by atoms with van der Waals surface area (Å²) in [6, 6.07) is 11.9. The Morgan fingerprint density at radius 2 is 1.77 bits per heavy atom. The topological polar surface area (TPSA) is 110 Å². The lowest BCUT2D eigenvalue weighted by atomic mass is 10.1. The lowest BCUT2D eigenvalue weighted by Gasteiger charge is -2.08. The van der Waals surface area contributed by atoms with Crippen LogP contribution in [0.5, 0.6) is 11.5 Å². The number of hydrogen-bond acceptors (Lipinski definition) is 8. The first kappa shape index (κ1) is 23.1. The molecule has 0 saturated carbocycles. The van der Waals surface area contributed by atoms with E-state index in [2.05, 4.69) is 0 Å². The molecular weight excluding hydrogens is 464 g/mol. The van der Waals surface area contributed by atoms with Crippen LogP contribution >= 0.6 is 22.9 Å². The van der Waals surface area contributed by atoms with Crippen molar-refractivity contribution >= 4 is 38.7 Å². The molecule has 0 aliphatic heterocycles. The molecule has 0 amide bonds. The zero-order valence-electron chi connectivity index (χ0n) is 16.4. The van der Waals surface area contributed by atoms with Crippen LogP contribution in [0.2, 0.25) is 4.34 Å². The molecule has 0 unspecified atom stereocenters.